The summed E-state index contributed by atoms with van der Waals surface area (Å²) in [5.74, 6) is -2.97. The molecule has 3 aromatic rings. The van der Waals surface area contributed by atoms with Gasteiger partial charge in [0.1, 0.15) is 29.0 Å². The maximum Gasteiger partial charge on any atom is 0.326 e. The first-order valence-electron chi connectivity index (χ1n) is 8.75. The summed E-state index contributed by atoms with van der Waals surface area (Å²) < 4.78 is 32.9. The Kier molecular flexibility index (Phi) is 6.35. The Bertz CT molecular complexity index is 1080. The highest BCUT2D eigenvalue weighted by molar-refractivity contribution is 6.08. The van der Waals surface area contributed by atoms with Crippen LogP contribution in [0.1, 0.15) is 22.0 Å². The van der Waals surface area contributed by atoms with E-state index in [0.717, 1.165) is 18.2 Å². The number of urea groups is 1. The van der Waals surface area contributed by atoms with Crippen molar-refractivity contribution < 1.29 is 23.1 Å². The van der Waals surface area contributed by atoms with Gasteiger partial charge in [-0.1, -0.05) is 36.4 Å². The zero-order chi connectivity index (χ0) is 21.5. The van der Waals surface area contributed by atoms with Gasteiger partial charge in [-0.15, -0.1) is 0 Å². The van der Waals surface area contributed by atoms with Crippen molar-refractivity contribution in [3.63, 3.8) is 0 Å². The van der Waals surface area contributed by atoms with Gasteiger partial charge >= 0.3 is 6.03 Å². The van der Waals surface area contributed by atoms with E-state index in [1.807, 2.05) is 11.4 Å². The van der Waals surface area contributed by atoms with Crippen LogP contribution in [0.3, 0.4) is 0 Å². The van der Waals surface area contributed by atoms with Crippen LogP contribution >= 0.6 is 0 Å². The molecular weight excluding hydrogens is 392 g/mol. The lowest BCUT2D eigenvalue weighted by atomic mass is 10.1. The monoisotopic (exact) mass is 407 g/mol. The van der Waals surface area contributed by atoms with Crippen molar-refractivity contribution in [2.45, 2.75) is 6.10 Å². The summed E-state index contributed by atoms with van der Waals surface area (Å²) in [6, 6.07) is 19.0. The van der Waals surface area contributed by atoms with Crippen molar-refractivity contribution in [3.05, 3.63) is 95.6 Å². The van der Waals surface area contributed by atoms with E-state index >= 15 is 0 Å². The predicted molar refractivity (Wildman–Crippen MR) is 105 cm³/mol. The Morgan fingerprint density at radius 1 is 0.900 bits per heavy atom. The molecule has 0 saturated heterocycles. The number of ether oxygens (including phenoxy) is 1. The van der Waals surface area contributed by atoms with Gasteiger partial charge in [0.2, 0.25) is 6.10 Å². The molecule has 150 valence electrons. The van der Waals surface area contributed by atoms with Crippen molar-refractivity contribution in [3.8, 4) is 11.8 Å². The third-order valence-corrected chi connectivity index (χ3v) is 4.00. The Morgan fingerprint density at radius 3 is 2.13 bits per heavy atom. The Labute approximate surface area is 170 Å². The van der Waals surface area contributed by atoms with E-state index in [9.17, 15) is 23.6 Å². The standard InChI is InChI=1S/C22H15F2N3O3/c23-17-7-4-8-18(24)20(17)21(28)27-22(29)26-15-9-11-16(12-10-15)30-19(13-25)14-5-2-1-3-6-14/h1-12,19H,(H2,26,27,28,29). The lowest BCUT2D eigenvalue weighted by molar-refractivity contribution is 0.0959. The molecule has 0 spiro atoms. The van der Waals surface area contributed by atoms with Gasteiger partial charge in [-0.25, -0.2) is 13.6 Å². The minimum absolute atomic E-state index is 0.301. The van der Waals surface area contributed by atoms with Crippen molar-refractivity contribution in [2.24, 2.45) is 0 Å². The highest BCUT2D eigenvalue weighted by atomic mass is 19.1. The van der Waals surface area contributed by atoms with Crippen molar-refractivity contribution in [1.82, 2.24) is 5.32 Å². The highest BCUT2D eigenvalue weighted by Gasteiger charge is 2.19. The van der Waals surface area contributed by atoms with Gasteiger partial charge in [0.05, 0.1) is 0 Å². The molecular formula is C22H15F2N3O3. The number of amides is 3. The molecule has 3 rings (SSSR count). The molecule has 0 heterocycles. The van der Waals surface area contributed by atoms with E-state index in [1.54, 1.807) is 24.3 Å². The fraction of sp³-hybridized carbons (Fsp3) is 0.0455. The fourth-order valence-electron chi connectivity index (χ4n) is 2.59. The molecule has 1 atom stereocenters. The maximum atomic E-state index is 13.6. The summed E-state index contributed by atoms with van der Waals surface area (Å²) in [5.41, 5.74) is 0.148. The van der Waals surface area contributed by atoms with E-state index in [2.05, 4.69) is 11.4 Å². The number of imide groups is 1. The molecule has 0 aliphatic rings. The molecule has 6 nitrogen and oxygen atoms in total. The Balaban J connectivity index is 1.61. The van der Waals surface area contributed by atoms with Gasteiger partial charge in [0, 0.05) is 11.3 Å². The van der Waals surface area contributed by atoms with Gasteiger partial charge in [-0.3, -0.25) is 10.1 Å². The molecule has 1 unspecified atom stereocenters. The van der Waals surface area contributed by atoms with E-state index in [0.29, 0.717) is 17.0 Å². The Hall–Kier alpha value is -4.25. The normalized spacial score (nSPS) is 11.1. The van der Waals surface area contributed by atoms with Crippen LogP contribution in [0.2, 0.25) is 0 Å². The fourth-order valence-corrected chi connectivity index (χ4v) is 2.59. The smallest absolute Gasteiger partial charge is 0.326 e. The molecule has 0 fully saturated rings. The molecule has 0 aromatic heterocycles. The lowest BCUT2D eigenvalue weighted by Gasteiger charge is -2.13. The van der Waals surface area contributed by atoms with Crippen LogP contribution in [-0.4, -0.2) is 11.9 Å². The van der Waals surface area contributed by atoms with Crippen LogP contribution in [0.15, 0.2) is 72.8 Å². The topological polar surface area (TPSA) is 91.2 Å². The first-order valence-corrected chi connectivity index (χ1v) is 8.75. The molecule has 2 N–H and O–H groups in total. The molecule has 8 heteroatoms. The number of rotatable bonds is 5. The second-order valence-corrected chi connectivity index (χ2v) is 6.07. The summed E-state index contributed by atoms with van der Waals surface area (Å²) in [5, 5.41) is 13.5. The molecule has 0 aliphatic carbocycles. The average molecular weight is 407 g/mol. The minimum Gasteiger partial charge on any atom is -0.471 e. The second-order valence-electron chi connectivity index (χ2n) is 6.07. The number of benzene rings is 3. The third-order valence-electron chi connectivity index (χ3n) is 4.00. The highest BCUT2D eigenvalue weighted by Crippen LogP contribution is 2.23. The number of carbonyl (C=O) groups is 2. The molecule has 0 radical (unpaired) electrons. The number of halogens is 2. The number of nitrogens with zero attached hydrogens (tertiary/aromatic N) is 1. The lowest BCUT2D eigenvalue weighted by Crippen LogP contribution is -2.35. The van der Waals surface area contributed by atoms with Crippen molar-refractivity contribution in [1.29, 1.82) is 5.26 Å². The molecule has 3 aromatic carbocycles. The number of anilines is 1. The second kappa shape index (κ2) is 9.30. The van der Waals surface area contributed by atoms with Crippen molar-refractivity contribution in [2.75, 3.05) is 5.32 Å². The minimum atomic E-state index is -1.21. The van der Waals surface area contributed by atoms with Crippen LogP contribution < -0.4 is 15.4 Å². The van der Waals surface area contributed by atoms with Crippen LogP contribution in [-0.2, 0) is 0 Å². The van der Waals surface area contributed by atoms with Gasteiger partial charge in [0.15, 0.2) is 0 Å². The summed E-state index contributed by atoms with van der Waals surface area (Å²) >= 11 is 0. The number of hydrogen-bond acceptors (Lipinski definition) is 4. The third kappa shape index (κ3) is 4.97. The first kappa shape index (κ1) is 20.5. The van der Waals surface area contributed by atoms with E-state index < -0.39 is 35.2 Å². The largest absolute Gasteiger partial charge is 0.471 e. The number of hydrogen-bond donors (Lipinski definition) is 2. The number of carbonyl (C=O) groups excluding carboxylic acids is 2. The number of nitriles is 1. The molecule has 0 saturated carbocycles. The molecule has 30 heavy (non-hydrogen) atoms. The summed E-state index contributed by atoms with van der Waals surface area (Å²) in [6.45, 7) is 0. The van der Waals surface area contributed by atoms with Crippen molar-refractivity contribution >= 4 is 17.6 Å². The SMILES string of the molecule is N#CC(Oc1ccc(NC(=O)NC(=O)c2c(F)cccc2F)cc1)c1ccccc1. The summed E-state index contributed by atoms with van der Waals surface area (Å²) in [7, 11) is 0. The van der Waals surface area contributed by atoms with Crippen LogP contribution in [0.4, 0.5) is 19.3 Å². The zero-order valence-electron chi connectivity index (χ0n) is 15.4. The molecule has 0 aliphatic heterocycles. The van der Waals surface area contributed by atoms with E-state index in [-0.39, 0.29) is 0 Å². The van der Waals surface area contributed by atoms with E-state index in [4.69, 9.17) is 4.74 Å². The molecule has 3 amide bonds. The number of nitrogens with one attached hydrogen (secondary N) is 2. The van der Waals surface area contributed by atoms with Gasteiger partial charge in [-0.2, -0.15) is 5.26 Å². The van der Waals surface area contributed by atoms with Crippen LogP contribution in [0.25, 0.3) is 0 Å². The first-order chi connectivity index (χ1) is 14.5. The van der Waals surface area contributed by atoms with E-state index in [1.165, 1.54) is 24.3 Å². The Morgan fingerprint density at radius 2 is 1.53 bits per heavy atom. The van der Waals surface area contributed by atoms with Crippen LogP contribution in [0.5, 0.6) is 5.75 Å². The predicted octanol–water partition coefficient (Wildman–Crippen LogP) is 4.57. The molecule has 0 bridgehead atoms. The summed E-state index contributed by atoms with van der Waals surface area (Å²) in [6.07, 6.45) is -0.804. The average Bonchev–Trinajstić information content (AvgIpc) is 2.73. The maximum absolute atomic E-state index is 13.6. The van der Waals surface area contributed by atoms with Gasteiger partial charge < -0.3 is 10.1 Å². The zero-order valence-corrected chi connectivity index (χ0v) is 15.4. The van der Waals surface area contributed by atoms with Crippen LogP contribution in [0, 0.1) is 23.0 Å². The van der Waals surface area contributed by atoms with Gasteiger partial charge in [-0.05, 0) is 36.4 Å². The quantitative estimate of drug-likeness (QED) is 0.648. The summed E-state index contributed by atoms with van der Waals surface area (Å²) in [4.78, 5) is 23.9. The van der Waals surface area contributed by atoms with Gasteiger partial charge in [0.25, 0.3) is 5.91 Å².